The Hall–Kier alpha value is -3.96. The first-order chi connectivity index (χ1) is 35.6. The Bertz CT molecular complexity index is 1500. The van der Waals surface area contributed by atoms with Crippen LogP contribution in [0.2, 0.25) is 0 Å². The molecule has 0 heterocycles. The summed E-state index contributed by atoms with van der Waals surface area (Å²) in [5.41, 5.74) is 0. The highest BCUT2D eigenvalue weighted by Crippen LogP contribution is 2.15. The van der Waals surface area contributed by atoms with Gasteiger partial charge in [-0.3, -0.25) is 9.59 Å². The van der Waals surface area contributed by atoms with Crippen molar-refractivity contribution in [3.8, 4) is 0 Å². The number of allylic oxidation sites excluding steroid dienone is 22. The zero-order chi connectivity index (χ0) is 52.0. The number of carbonyl (C=O) groups excluding carboxylic acids is 2. The number of esters is 2. The van der Waals surface area contributed by atoms with Crippen LogP contribution in [0.3, 0.4) is 0 Å². The SMILES string of the molecule is CC/C=C\C/C=C\C/C=C\C/C=C\C/C=C\C/C=C\C/C=C\CCCCCCCCCCCCCC(=O)OC(CO)COC(=O)CCCCCCCCCCCCCC/C=C\C/C=C\C/C=C\C/C=C\CC. The molecule has 0 spiro atoms. The fourth-order valence-corrected chi connectivity index (χ4v) is 8.06. The predicted molar refractivity (Wildman–Crippen MR) is 315 cm³/mol. The quantitative estimate of drug-likeness (QED) is 0.0373. The summed E-state index contributed by atoms with van der Waals surface area (Å²) in [6, 6.07) is 0. The Kier molecular flexibility index (Phi) is 58.0. The summed E-state index contributed by atoms with van der Waals surface area (Å²) in [6.07, 6.45) is 91.4. The van der Waals surface area contributed by atoms with Gasteiger partial charge in [0, 0.05) is 12.8 Å². The van der Waals surface area contributed by atoms with Crippen molar-refractivity contribution in [3.63, 3.8) is 0 Å². The van der Waals surface area contributed by atoms with E-state index in [2.05, 4.69) is 148 Å². The van der Waals surface area contributed by atoms with E-state index in [0.717, 1.165) is 109 Å². The van der Waals surface area contributed by atoms with Gasteiger partial charge in [-0.15, -0.1) is 0 Å². The molecule has 0 aliphatic carbocycles. The molecular formula is C67H110O5. The van der Waals surface area contributed by atoms with E-state index in [4.69, 9.17) is 9.47 Å². The normalized spacial score (nSPS) is 13.2. The molecule has 0 aliphatic heterocycles. The maximum Gasteiger partial charge on any atom is 0.306 e. The second-order valence-electron chi connectivity index (χ2n) is 19.3. The molecule has 0 aromatic heterocycles. The molecule has 0 aliphatic rings. The first kappa shape index (κ1) is 68.0. The number of aliphatic hydroxyl groups excluding tert-OH is 1. The Labute approximate surface area is 445 Å². The van der Waals surface area contributed by atoms with Crippen LogP contribution in [0.1, 0.15) is 258 Å². The van der Waals surface area contributed by atoms with Gasteiger partial charge < -0.3 is 14.6 Å². The van der Waals surface area contributed by atoms with Gasteiger partial charge in [0.05, 0.1) is 6.61 Å². The van der Waals surface area contributed by atoms with E-state index >= 15 is 0 Å². The monoisotopic (exact) mass is 995 g/mol. The molecule has 0 saturated heterocycles. The van der Waals surface area contributed by atoms with Crippen LogP contribution < -0.4 is 0 Å². The average molecular weight is 996 g/mol. The topological polar surface area (TPSA) is 72.8 Å². The summed E-state index contributed by atoms with van der Waals surface area (Å²) in [5.74, 6) is -0.599. The van der Waals surface area contributed by atoms with Gasteiger partial charge in [-0.2, -0.15) is 0 Å². The molecule has 0 bridgehead atoms. The van der Waals surface area contributed by atoms with Crippen LogP contribution in [-0.4, -0.2) is 36.4 Å². The van der Waals surface area contributed by atoms with Crippen LogP contribution in [0.5, 0.6) is 0 Å². The summed E-state index contributed by atoms with van der Waals surface area (Å²) >= 11 is 0. The molecule has 408 valence electrons. The van der Waals surface area contributed by atoms with E-state index < -0.39 is 6.10 Å². The second kappa shape index (κ2) is 61.3. The minimum atomic E-state index is -0.784. The molecule has 5 heteroatoms. The molecule has 0 fully saturated rings. The standard InChI is InChI=1S/C67H110O5/c1-3-5-7-9-11-13-15-17-19-21-23-25-27-29-30-31-32-33-34-35-36-38-40-42-44-46-48-50-52-54-56-58-60-62-67(70)72-65(63-68)64-71-66(69)61-59-57-55-53-51-49-47-45-43-41-39-37-28-26-24-22-20-18-16-14-12-10-8-6-4-2/h5-8,11-14,17-20,23-26,29-30,32-33,35-36,65,68H,3-4,9-10,15-16,21-22,27-28,31,34,37-64H2,1-2H3/b7-5-,8-6-,13-11-,14-12-,19-17-,20-18-,25-23-,26-24-,30-29-,33-32-,36-35-. The van der Waals surface area contributed by atoms with E-state index in [9.17, 15) is 14.7 Å². The lowest BCUT2D eigenvalue weighted by atomic mass is 10.0. The van der Waals surface area contributed by atoms with Crippen molar-refractivity contribution < 1.29 is 24.2 Å². The van der Waals surface area contributed by atoms with Gasteiger partial charge in [0.25, 0.3) is 0 Å². The van der Waals surface area contributed by atoms with Crippen molar-refractivity contribution in [1.82, 2.24) is 0 Å². The average Bonchev–Trinajstić information content (AvgIpc) is 3.38. The van der Waals surface area contributed by atoms with Crippen molar-refractivity contribution in [2.45, 2.75) is 264 Å². The first-order valence-electron chi connectivity index (χ1n) is 29.7. The Balaban J connectivity index is 3.54. The maximum atomic E-state index is 12.3. The highest BCUT2D eigenvalue weighted by atomic mass is 16.6. The molecule has 1 unspecified atom stereocenters. The molecule has 0 aromatic carbocycles. The lowest BCUT2D eigenvalue weighted by molar-refractivity contribution is -0.161. The van der Waals surface area contributed by atoms with Crippen molar-refractivity contribution in [3.05, 3.63) is 134 Å². The van der Waals surface area contributed by atoms with Crippen molar-refractivity contribution in [2.75, 3.05) is 13.2 Å². The van der Waals surface area contributed by atoms with Crippen LogP contribution in [0, 0.1) is 0 Å². The highest BCUT2D eigenvalue weighted by Gasteiger charge is 2.16. The van der Waals surface area contributed by atoms with E-state index in [1.54, 1.807) is 0 Å². The number of hydrogen-bond donors (Lipinski definition) is 1. The van der Waals surface area contributed by atoms with E-state index in [-0.39, 0.29) is 25.2 Å². The largest absolute Gasteiger partial charge is 0.462 e. The van der Waals surface area contributed by atoms with E-state index in [1.807, 2.05) is 0 Å². The molecule has 1 atom stereocenters. The van der Waals surface area contributed by atoms with Gasteiger partial charge in [0.15, 0.2) is 6.10 Å². The van der Waals surface area contributed by atoms with Crippen LogP contribution in [0.4, 0.5) is 0 Å². The van der Waals surface area contributed by atoms with Crippen LogP contribution in [-0.2, 0) is 19.1 Å². The molecular weight excluding hydrogens is 885 g/mol. The summed E-state index contributed by atoms with van der Waals surface area (Å²) in [7, 11) is 0. The zero-order valence-corrected chi connectivity index (χ0v) is 46.6. The third-order valence-electron chi connectivity index (χ3n) is 12.4. The fourth-order valence-electron chi connectivity index (χ4n) is 8.06. The highest BCUT2D eigenvalue weighted by molar-refractivity contribution is 5.70. The maximum absolute atomic E-state index is 12.3. The van der Waals surface area contributed by atoms with Crippen molar-refractivity contribution >= 4 is 11.9 Å². The lowest BCUT2D eigenvalue weighted by Crippen LogP contribution is -2.28. The second-order valence-corrected chi connectivity index (χ2v) is 19.3. The minimum absolute atomic E-state index is 0.0743. The van der Waals surface area contributed by atoms with Crippen molar-refractivity contribution in [1.29, 1.82) is 0 Å². The fraction of sp³-hybridized carbons (Fsp3) is 0.642. The molecule has 1 N–H and O–H groups in total. The number of ether oxygens (including phenoxy) is 2. The third-order valence-corrected chi connectivity index (χ3v) is 12.4. The molecule has 72 heavy (non-hydrogen) atoms. The molecule has 0 saturated carbocycles. The molecule has 5 nitrogen and oxygen atoms in total. The lowest BCUT2D eigenvalue weighted by Gasteiger charge is -2.15. The molecule has 0 radical (unpaired) electrons. The van der Waals surface area contributed by atoms with Gasteiger partial charge in [0.2, 0.25) is 0 Å². The summed E-state index contributed by atoms with van der Waals surface area (Å²) in [4.78, 5) is 24.6. The first-order valence-corrected chi connectivity index (χ1v) is 29.7. The van der Waals surface area contributed by atoms with Gasteiger partial charge in [-0.25, -0.2) is 0 Å². The molecule has 0 amide bonds. The summed E-state index contributed by atoms with van der Waals surface area (Å²) < 4.78 is 10.7. The van der Waals surface area contributed by atoms with Gasteiger partial charge in [-0.1, -0.05) is 270 Å². The molecule has 0 rings (SSSR count). The predicted octanol–water partition coefficient (Wildman–Crippen LogP) is 20.4. The van der Waals surface area contributed by atoms with Crippen molar-refractivity contribution in [2.24, 2.45) is 0 Å². The number of aliphatic hydroxyl groups is 1. The van der Waals surface area contributed by atoms with E-state index in [1.165, 1.54) is 122 Å². The third kappa shape index (κ3) is 58.6. The zero-order valence-electron chi connectivity index (χ0n) is 46.6. The van der Waals surface area contributed by atoms with Gasteiger partial charge in [-0.05, 0) is 109 Å². The Morgan fingerprint density at radius 3 is 0.833 bits per heavy atom. The smallest absolute Gasteiger partial charge is 0.306 e. The summed E-state index contributed by atoms with van der Waals surface area (Å²) in [5, 5.41) is 9.67. The van der Waals surface area contributed by atoms with Gasteiger partial charge in [0.1, 0.15) is 6.61 Å². The summed E-state index contributed by atoms with van der Waals surface area (Å²) in [6.45, 7) is 3.92. The minimum Gasteiger partial charge on any atom is -0.462 e. The Morgan fingerprint density at radius 2 is 0.556 bits per heavy atom. The Morgan fingerprint density at radius 1 is 0.319 bits per heavy atom. The van der Waals surface area contributed by atoms with Crippen LogP contribution in [0.15, 0.2) is 134 Å². The number of unbranched alkanes of at least 4 members (excludes halogenated alkanes) is 23. The number of rotatable bonds is 53. The molecule has 0 aromatic rings. The van der Waals surface area contributed by atoms with Crippen LogP contribution >= 0.6 is 0 Å². The van der Waals surface area contributed by atoms with Crippen LogP contribution in [0.25, 0.3) is 0 Å². The number of carbonyl (C=O) groups is 2. The van der Waals surface area contributed by atoms with Gasteiger partial charge >= 0.3 is 11.9 Å². The van der Waals surface area contributed by atoms with E-state index in [0.29, 0.717) is 12.8 Å². The number of hydrogen-bond acceptors (Lipinski definition) is 5.